The van der Waals surface area contributed by atoms with Gasteiger partial charge in [-0.3, -0.25) is 4.79 Å². The number of anilines is 3. The van der Waals surface area contributed by atoms with Gasteiger partial charge in [0, 0.05) is 38.1 Å². The van der Waals surface area contributed by atoms with Gasteiger partial charge in [0.1, 0.15) is 22.8 Å². The number of piperazine rings is 1. The average Bonchev–Trinajstić information content (AvgIpc) is 3.22. The number of pyridine rings is 1. The van der Waals surface area contributed by atoms with E-state index in [0.29, 0.717) is 10.8 Å². The molecule has 0 aliphatic carbocycles. The molecule has 1 N–H and O–H groups in total. The summed E-state index contributed by atoms with van der Waals surface area (Å²) in [6.45, 7) is 9.71. The number of amides is 1. The van der Waals surface area contributed by atoms with E-state index in [2.05, 4.69) is 56.0 Å². The van der Waals surface area contributed by atoms with Crippen LogP contribution in [0.5, 0.6) is 0 Å². The Hall–Kier alpha value is -3.52. The van der Waals surface area contributed by atoms with E-state index >= 15 is 0 Å². The molecule has 5 rings (SSSR count). The summed E-state index contributed by atoms with van der Waals surface area (Å²) in [6, 6.07) is 14.0. The molecule has 34 heavy (non-hydrogen) atoms. The normalized spacial score (nSPS) is 14.1. The van der Waals surface area contributed by atoms with Gasteiger partial charge in [0.25, 0.3) is 5.91 Å². The number of benzene rings is 1. The van der Waals surface area contributed by atoms with Crippen molar-refractivity contribution in [1.29, 1.82) is 0 Å². The standard InChI is InChI=1S/C26H28N6OS/c1-17(2)19-7-9-20(10-8-19)30-25(33)23-18(3)22-24(28-16-29-26(22)34-23)32-14-12-31(13-15-32)21-6-4-5-11-27-21/h4-11,16-17H,12-15H2,1-3H3,(H,30,33). The monoisotopic (exact) mass is 472 g/mol. The van der Waals surface area contributed by atoms with Crippen molar-refractivity contribution in [2.75, 3.05) is 41.3 Å². The van der Waals surface area contributed by atoms with Gasteiger partial charge >= 0.3 is 0 Å². The number of carbonyl (C=O) groups excluding carboxylic acids is 1. The third-order valence-corrected chi connectivity index (χ3v) is 7.50. The fraction of sp³-hybridized carbons (Fsp3) is 0.308. The molecule has 4 aromatic rings. The van der Waals surface area contributed by atoms with Gasteiger partial charge in [-0.1, -0.05) is 32.0 Å². The number of nitrogens with one attached hydrogen (secondary N) is 1. The van der Waals surface area contributed by atoms with Crippen molar-refractivity contribution in [1.82, 2.24) is 15.0 Å². The van der Waals surface area contributed by atoms with E-state index in [9.17, 15) is 4.79 Å². The minimum absolute atomic E-state index is 0.108. The Kier molecular flexibility index (Phi) is 6.15. The lowest BCUT2D eigenvalue weighted by molar-refractivity contribution is 0.103. The molecule has 8 heteroatoms. The van der Waals surface area contributed by atoms with Crippen LogP contribution >= 0.6 is 11.3 Å². The van der Waals surface area contributed by atoms with Crippen LogP contribution in [0.25, 0.3) is 10.2 Å². The van der Waals surface area contributed by atoms with Crippen molar-refractivity contribution >= 4 is 44.8 Å². The number of nitrogens with zero attached hydrogens (tertiary/aromatic N) is 5. The van der Waals surface area contributed by atoms with Crippen LogP contribution in [-0.2, 0) is 0 Å². The molecule has 0 unspecified atom stereocenters. The Bertz CT molecular complexity index is 1290. The lowest BCUT2D eigenvalue weighted by atomic mass is 10.0. The van der Waals surface area contributed by atoms with Gasteiger partial charge in [-0.2, -0.15) is 0 Å². The molecule has 0 atom stereocenters. The lowest BCUT2D eigenvalue weighted by Gasteiger charge is -2.36. The van der Waals surface area contributed by atoms with Gasteiger partial charge < -0.3 is 15.1 Å². The lowest BCUT2D eigenvalue weighted by Crippen LogP contribution is -2.47. The summed E-state index contributed by atoms with van der Waals surface area (Å²) >= 11 is 1.42. The van der Waals surface area contributed by atoms with E-state index in [0.717, 1.165) is 59.3 Å². The maximum Gasteiger partial charge on any atom is 0.266 e. The zero-order chi connectivity index (χ0) is 23.7. The second kappa shape index (κ2) is 9.38. The van der Waals surface area contributed by atoms with Crippen LogP contribution in [0.2, 0.25) is 0 Å². The van der Waals surface area contributed by atoms with Crippen molar-refractivity contribution in [3.63, 3.8) is 0 Å². The number of hydrogen-bond acceptors (Lipinski definition) is 7. The summed E-state index contributed by atoms with van der Waals surface area (Å²) in [5, 5.41) is 4.02. The Morgan fingerprint density at radius 1 is 0.971 bits per heavy atom. The highest BCUT2D eigenvalue weighted by Gasteiger charge is 2.25. The van der Waals surface area contributed by atoms with Gasteiger partial charge in [0.15, 0.2) is 0 Å². The highest BCUT2D eigenvalue weighted by molar-refractivity contribution is 7.20. The Morgan fingerprint density at radius 3 is 2.38 bits per heavy atom. The van der Waals surface area contributed by atoms with Crippen LogP contribution in [0.4, 0.5) is 17.3 Å². The molecular weight excluding hydrogens is 444 g/mol. The zero-order valence-electron chi connectivity index (χ0n) is 19.7. The first-order valence-electron chi connectivity index (χ1n) is 11.6. The number of thiophene rings is 1. The molecule has 1 aromatic carbocycles. The topological polar surface area (TPSA) is 74.2 Å². The predicted molar refractivity (Wildman–Crippen MR) is 139 cm³/mol. The first kappa shape index (κ1) is 22.3. The molecule has 3 aromatic heterocycles. The van der Waals surface area contributed by atoms with Crippen LogP contribution in [0, 0.1) is 6.92 Å². The van der Waals surface area contributed by atoms with Crippen LogP contribution < -0.4 is 15.1 Å². The summed E-state index contributed by atoms with van der Waals surface area (Å²) in [6.07, 6.45) is 3.43. The molecule has 0 spiro atoms. The van der Waals surface area contributed by atoms with E-state index in [1.54, 1.807) is 6.33 Å². The van der Waals surface area contributed by atoms with Gasteiger partial charge in [0.05, 0.1) is 10.3 Å². The van der Waals surface area contributed by atoms with Crippen LogP contribution in [0.3, 0.4) is 0 Å². The molecule has 1 aliphatic heterocycles. The van der Waals surface area contributed by atoms with Crippen molar-refractivity contribution in [2.24, 2.45) is 0 Å². The van der Waals surface area contributed by atoms with Gasteiger partial charge in [-0.15, -0.1) is 11.3 Å². The minimum Gasteiger partial charge on any atom is -0.353 e. The van der Waals surface area contributed by atoms with E-state index in [1.807, 2.05) is 43.5 Å². The van der Waals surface area contributed by atoms with E-state index in [1.165, 1.54) is 16.9 Å². The fourth-order valence-corrected chi connectivity index (χ4v) is 5.38. The number of rotatable bonds is 5. The van der Waals surface area contributed by atoms with E-state index < -0.39 is 0 Å². The molecule has 4 heterocycles. The summed E-state index contributed by atoms with van der Waals surface area (Å²) in [5.41, 5.74) is 2.97. The summed E-state index contributed by atoms with van der Waals surface area (Å²) in [4.78, 5) is 32.8. The zero-order valence-corrected chi connectivity index (χ0v) is 20.5. The van der Waals surface area contributed by atoms with Crippen molar-refractivity contribution in [3.05, 3.63) is 71.0 Å². The number of fused-ring (bicyclic) bond motifs is 1. The molecule has 1 fully saturated rings. The molecule has 1 saturated heterocycles. The molecule has 0 saturated carbocycles. The average molecular weight is 473 g/mol. The second-order valence-electron chi connectivity index (χ2n) is 8.83. The van der Waals surface area contributed by atoms with Crippen LogP contribution in [0.1, 0.15) is 40.6 Å². The predicted octanol–water partition coefficient (Wildman–Crippen LogP) is 5.10. The first-order valence-corrected chi connectivity index (χ1v) is 12.4. The first-order chi connectivity index (χ1) is 16.5. The van der Waals surface area contributed by atoms with E-state index in [4.69, 9.17) is 0 Å². The SMILES string of the molecule is Cc1c(C(=O)Nc2ccc(C(C)C)cc2)sc2ncnc(N3CCN(c4ccccn4)CC3)c12. The quantitative estimate of drug-likeness (QED) is 0.436. The van der Waals surface area contributed by atoms with Crippen LogP contribution in [-0.4, -0.2) is 47.0 Å². The van der Waals surface area contributed by atoms with Gasteiger partial charge in [-0.05, 0) is 48.2 Å². The van der Waals surface area contributed by atoms with Crippen LogP contribution in [0.15, 0.2) is 55.0 Å². The molecule has 0 bridgehead atoms. The fourth-order valence-electron chi connectivity index (χ4n) is 4.34. The Balaban J connectivity index is 1.36. The van der Waals surface area contributed by atoms with Gasteiger partial charge in [-0.25, -0.2) is 15.0 Å². The summed E-state index contributed by atoms with van der Waals surface area (Å²) in [5.74, 6) is 2.25. The molecule has 7 nitrogen and oxygen atoms in total. The molecule has 1 aliphatic rings. The largest absolute Gasteiger partial charge is 0.353 e. The molecular formula is C26H28N6OS. The molecule has 1 amide bonds. The van der Waals surface area contributed by atoms with Gasteiger partial charge in [0.2, 0.25) is 0 Å². The van der Waals surface area contributed by atoms with Crippen molar-refractivity contribution < 1.29 is 4.79 Å². The number of hydrogen-bond donors (Lipinski definition) is 1. The number of aromatic nitrogens is 3. The second-order valence-corrected chi connectivity index (χ2v) is 9.83. The highest BCUT2D eigenvalue weighted by atomic mass is 32.1. The third kappa shape index (κ3) is 4.33. The van der Waals surface area contributed by atoms with Crippen molar-refractivity contribution in [3.8, 4) is 0 Å². The maximum atomic E-state index is 13.1. The Morgan fingerprint density at radius 2 is 1.71 bits per heavy atom. The molecule has 0 radical (unpaired) electrons. The highest BCUT2D eigenvalue weighted by Crippen LogP contribution is 2.35. The third-order valence-electron chi connectivity index (χ3n) is 6.30. The smallest absolute Gasteiger partial charge is 0.266 e. The maximum absolute atomic E-state index is 13.1. The minimum atomic E-state index is -0.108. The molecule has 174 valence electrons. The Labute approximate surface area is 203 Å². The summed E-state index contributed by atoms with van der Waals surface area (Å²) < 4.78 is 0. The summed E-state index contributed by atoms with van der Waals surface area (Å²) in [7, 11) is 0. The number of aryl methyl sites for hydroxylation is 1. The van der Waals surface area contributed by atoms with Crippen molar-refractivity contribution in [2.45, 2.75) is 26.7 Å². The van der Waals surface area contributed by atoms with E-state index in [-0.39, 0.29) is 5.91 Å². The number of carbonyl (C=O) groups is 1.